The van der Waals surface area contributed by atoms with E-state index in [0.717, 1.165) is 12.1 Å². The first-order valence-corrected chi connectivity index (χ1v) is 7.66. The fraction of sp³-hybridized carbons (Fsp3) is 0.176. The van der Waals surface area contributed by atoms with Gasteiger partial charge in [0.25, 0.3) is 5.91 Å². The predicted octanol–water partition coefficient (Wildman–Crippen LogP) is 2.91. The maximum absolute atomic E-state index is 13.1. The number of primary amides is 1. The molecule has 0 atom stereocenters. The fourth-order valence-electron chi connectivity index (χ4n) is 2.05. The van der Waals surface area contributed by atoms with Gasteiger partial charge in [0.2, 0.25) is 5.91 Å². The van der Waals surface area contributed by atoms with Gasteiger partial charge in [-0.15, -0.1) is 0 Å². The number of nitrogens with two attached hydrogens (primary N) is 1. The minimum Gasteiger partial charge on any atom is -0.482 e. The number of rotatable bonds is 7. The Balaban J connectivity index is 2.11. The predicted molar refractivity (Wildman–Crippen MR) is 89.5 cm³/mol. The Morgan fingerprint density at radius 2 is 1.72 bits per heavy atom. The van der Waals surface area contributed by atoms with Crippen LogP contribution >= 0.6 is 11.6 Å². The lowest BCUT2D eigenvalue weighted by Gasteiger charge is -2.22. The average Bonchev–Trinajstić information content (AvgIpc) is 2.55. The molecular weight excluding hydrogens is 354 g/mol. The molecule has 0 bridgehead atoms. The first-order valence-electron chi connectivity index (χ1n) is 7.29. The van der Waals surface area contributed by atoms with Gasteiger partial charge in [0.05, 0.1) is 5.02 Å². The minimum absolute atomic E-state index is 0.0142. The maximum atomic E-state index is 13.1. The van der Waals surface area contributed by atoms with Gasteiger partial charge in [-0.3, -0.25) is 9.59 Å². The Morgan fingerprint density at radius 1 is 1.08 bits per heavy atom. The maximum Gasteiger partial charge on any atom is 0.264 e. The summed E-state index contributed by atoms with van der Waals surface area (Å²) in [5.74, 6) is -1.92. The number of benzene rings is 2. The lowest BCUT2D eigenvalue weighted by Crippen LogP contribution is -2.37. The van der Waals surface area contributed by atoms with Crippen molar-refractivity contribution in [1.29, 1.82) is 0 Å². The zero-order valence-electron chi connectivity index (χ0n) is 13.0. The van der Waals surface area contributed by atoms with Gasteiger partial charge >= 0.3 is 0 Å². The molecule has 0 unspecified atom stereocenters. The molecule has 0 radical (unpaired) electrons. The van der Waals surface area contributed by atoms with Gasteiger partial charge in [-0.1, -0.05) is 11.6 Å². The van der Waals surface area contributed by atoms with Crippen molar-refractivity contribution in [2.24, 2.45) is 5.73 Å². The van der Waals surface area contributed by atoms with Gasteiger partial charge < -0.3 is 15.4 Å². The molecule has 2 aromatic rings. The van der Waals surface area contributed by atoms with Crippen LogP contribution in [0.15, 0.2) is 42.5 Å². The number of anilines is 1. The Bertz CT molecular complexity index is 769. The monoisotopic (exact) mass is 368 g/mol. The van der Waals surface area contributed by atoms with E-state index < -0.39 is 30.1 Å². The summed E-state index contributed by atoms with van der Waals surface area (Å²) in [6, 6.07) is 8.70. The van der Waals surface area contributed by atoms with Crippen LogP contribution in [0.1, 0.15) is 6.42 Å². The normalized spacial score (nSPS) is 10.4. The van der Waals surface area contributed by atoms with Gasteiger partial charge in [-0.2, -0.15) is 0 Å². The van der Waals surface area contributed by atoms with Crippen molar-refractivity contribution in [1.82, 2.24) is 0 Å². The molecule has 0 aliphatic heterocycles. The highest BCUT2D eigenvalue weighted by Crippen LogP contribution is 2.25. The van der Waals surface area contributed by atoms with Crippen molar-refractivity contribution in [2.75, 3.05) is 18.1 Å². The molecule has 2 amide bonds. The quantitative estimate of drug-likeness (QED) is 0.816. The van der Waals surface area contributed by atoms with E-state index in [4.69, 9.17) is 22.1 Å². The van der Waals surface area contributed by atoms with Crippen LogP contribution < -0.4 is 15.4 Å². The standard InChI is InChI=1S/C17H15ClF2N2O3/c18-14-9-12(20)3-6-15(14)25-10-17(24)22(8-7-16(21)23)13-4-1-11(19)2-5-13/h1-6,9H,7-8,10H2,(H2,21,23). The van der Waals surface area contributed by atoms with E-state index in [-0.39, 0.29) is 23.7 Å². The molecule has 5 nitrogen and oxygen atoms in total. The summed E-state index contributed by atoms with van der Waals surface area (Å²) >= 11 is 5.84. The molecular formula is C17H15ClF2N2O3. The Labute approximate surface area is 147 Å². The number of amides is 2. The Kier molecular flexibility index (Phi) is 6.30. The van der Waals surface area contributed by atoms with Crippen LogP contribution in [-0.4, -0.2) is 25.0 Å². The third-order valence-electron chi connectivity index (χ3n) is 3.27. The summed E-state index contributed by atoms with van der Waals surface area (Å²) < 4.78 is 31.4. The van der Waals surface area contributed by atoms with Crippen LogP contribution in [0.5, 0.6) is 5.75 Å². The van der Waals surface area contributed by atoms with E-state index in [1.165, 1.54) is 35.2 Å². The number of hydrogen-bond donors (Lipinski definition) is 1. The molecule has 2 rings (SSSR count). The van der Waals surface area contributed by atoms with E-state index in [1.807, 2.05) is 0 Å². The van der Waals surface area contributed by atoms with Crippen LogP contribution in [0, 0.1) is 11.6 Å². The van der Waals surface area contributed by atoms with Gasteiger partial charge in [-0.05, 0) is 42.5 Å². The number of halogens is 3. The first-order chi connectivity index (χ1) is 11.9. The molecule has 0 spiro atoms. The molecule has 2 aromatic carbocycles. The fourth-order valence-corrected chi connectivity index (χ4v) is 2.27. The average molecular weight is 369 g/mol. The first kappa shape index (κ1) is 18.7. The summed E-state index contributed by atoms with van der Waals surface area (Å²) in [5, 5.41) is 0.0262. The van der Waals surface area contributed by atoms with E-state index in [2.05, 4.69) is 0 Å². The van der Waals surface area contributed by atoms with E-state index in [9.17, 15) is 18.4 Å². The highest BCUT2D eigenvalue weighted by Gasteiger charge is 2.18. The molecule has 25 heavy (non-hydrogen) atoms. The zero-order valence-corrected chi connectivity index (χ0v) is 13.8. The molecule has 2 N–H and O–H groups in total. The second kappa shape index (κ2) is 8.43. The van der Waals surface area contributed by atoms with Crippen LogP contribution in [-0.2, 0) is 9.59 Å². The lowest BCUT2D eigenvalue weighted by molar-refractivity contribution is -0.120. The van der Waals surface area contributed by atoms with Crippen LogP contribution in [0.2, 0.25) is 5.02 Å². The molecule has 8 heteroatoms. The molecule has 0 aromatic heterocycles. The van der Waals surface area contributed by atoms with Gasteiger partial charge in [0.1, 0.15) is 17.4 Å². The van der Waals surface area contributed by atoms with Crippen LogP contribution in [0.3, 0.4) is 0 Å². The van der Waals surface area contributed by atoms with Crippen LogP contribution in [0.4, 0.5) is 14.5 Å². The molecule has 0 heterocycles. The zero-order chi connectivity index (χ0) is 18.4. The van der Waals surface area contributed by atoms with Crippen molar-refractivity contribution >= 4 is 29.1 Å². The van der Waals surface area contributed by atoms with Crippen molar-refractivity contribution < 1.29 is 23.1 Å². The van der Waals surface area contributed by atoms with Crippen molar-refractivity contribution in [2.45, 2.75) is 6.42 Å². The van der Waals surface area contributed by atoms with E-state index in [0.29, 0.717) is 5.69 Å². The number of carbonyl (C=O) groups excluding carboxylic acids is 2. The molecule has 0 aliphatic carbocycles. The number of hydrogen-bond acceptors (Lipinski definition) is 3. The molecule has 132 valence electrons. The topological polar surface area (TPSA) is 72.6 Å². The summed E-state index contributed by atoms with van der Waals surface area (Å²) in [6.45, 7) is -0.387. The second-order valence-electron chi connectivity index (χ2n) is 5.10. The van der Waals surface area contributed by atoms with Gasteiger partial charge in [0, 0.05) is 18.7 Å². The van der Waals surface area contributed by atoms with E-state index in [1.54, 1.807) is 0 Å². The Hall–Kier alpha value is -2.67. The van der Waals surface area contributed by atoms with Crippen molar-refractivity contribution in [3.05, 3.63) is 59.1 Å². The van der Waals surface area contributed by atoms with Gasteiger partial charge in [-0.25, -0.2) is 8.78 Å². The number of nitrogens with zero attached hydrogens (tertiary/aromatic N) is 1. The highest BCUT2D eigenvalue weighted by atomic mass is 35.5. The van der Waals surface area contributed by atoms with Gasteiger partial charge in [0.15, 0.2) is 6.61 Å². The minimum atomic E-state index is -0.581. The lowest BCUT2D eigenvalue weighted by atomic mass is 10.2. The summed E-state index contributed by atoms with van der Waals surface area (Å²) in [6.07, 6.45) is -0.0690. The Morgan fingerprint density at radius 3 is 2.32 bits per heavy atom. The molecule has 0 saturated heterocycles. The third kappa shape index (κ3) is 5.42. The second-order valence-corrected chi connectivity index (χ2v) is 5.51. The summed E-state index contributed by atoms with van der Waals surface area (Å²) in [7, 11) is 0. The third-order valence-corrected chi connectivity index (χ3v) is 3.56. The van der Waals surface area contributed by atoms with Crippen LogP contribution in [0.25, 0.3) is 0 Å². The van der Waals surface area contributed by atoms with Crippen molar-refractivity contribution in [3.8, 4) is 5.75 Å². The smallest absolute Gasteiger partial charge is 0.264 e. The summed E-state index contributed by atoms with van der Waals surface area (Å²) in [4.78, 5) is 24.7. The highest BCUT2D eigenvalue weighted by molar-refractivity contribution is 6.32. The number of ether oxygens (including phenoxy) is 1. The molecule has 0 fully saturated rings. The van der Waals surface area contributed by atoms with Crippen molar-refractivity contribution in [3.63, 3.8) is 0 Å². The van der Waals surface area contributed by atoms with E-state index >= 15 is 0 Å². The molecule has 0 saturated carbocycles. The largest absolute Gasteiger partial charge is 0.482 e. The molecule has 0 aliphatic rings. The summed E-state index contributed by atoms with van der Waals surface area (Å²) in [5.41, 5.74) is 5.51. The number of carbonyl (C=O) groups is 2. The SMILES string of the molecule is NC(=O)CCN(C(=O)COc1ccc(F)cc1Cl)c1ccc(F)cc1.